The molecule has 25 heavy (non-hydrogen) atoms. The van der Waals surface area contributed by atoms with Crippen LogP contribution in [0, 0.1) is 18.7 Å². The molecule has 0 atom stereocenters. The third-order valence-corrected chi connectivity index (χ3v) is 4.77. The Balaban J connectivity index is 1.84. The van der Waals surface area contributed by atoms with Crippen molar-refractivity contribution in [2.75, 3.05) is 13.1 Å². The number of hydrogen-bond acceptors (Lipinski definition) is 3. The van der Waals surface area contributed by atoms with E-state index in [1.54, 1.807) is 11.8 Å². The van der Waals surface area contributed by atoms with Crippen LogP contribution in [0.3, 0.4) is 0 Å². The van der Waals surface area contributed by atoms with E-state index in [-0.39, 0.29) is 16.9 Å². The van der Waals surface area contributed by atoms with E-state index in [0.29, 0.717) is 42.9 Å². The van der Waals surface area contributed by atoms with Crippen molar-refractivity contribution in [3.63, 3.8) is 0 Å². The van der Waals surface area contributed by atoms with Gasteiger partial charge in [0.2, 0.25) is 0 Å². The number of piperidine rings is 1. The molecule has 1 saturated heterocycles. The number of benzene rings is 1. The largest absolute Gasteiger partial charge is 0.481 e. The van der Waals surface area contributed by atoms with Gasteiger partial charge in [-0.2, -0.15) is 5.10 Å². The second-order valence-corrected chi connectivity index (χ2v) is 6.40. The van der Waals surface area contributed by atoms with Crippen molar-refractivity contribution in [3.8, 4) is 5.69 Å². The highest BCUT2D eigenvalue weighted by Gasteiger charge is 2.30. The Kier molecular flexibility index (Phi) is 4.76. The van der Waals surface area contributed by atoms with Crippen molar-refractivity contribution in [2.24, 2.45) is 5.92 Å². The van der Waals surface area contributed by atoms with Crippen LogP contribution < -0.4 is 0 Å². The van der Waals surface area contributed by atoms with Crippen LogP contribution in [0.15, 0.2) is 24.3 Å². The average Bonchev–Trinajstić information content (AvgIpc) is 2.89. The zero-order valence-corrected chi connectivity index (χ0v) is 14.3. The smallest absolute Gasteiger partial charge is 0.306 e. The first-order valence-corrected chi connectivity index (χ1v) is 8.29. The van der Waals surface area contributed by atoms with Crippen LogP contribution in [0.2, 0.25) is 5.15 Å². The van der Waals surface area contributed by atoms with E-state index in [1.807, 2.05) is 0 Å². The van der Waals surface area contributed by atoms with Crippen LogP contribution in [0.4, 0.5) is 4.39 Å². The van der Waals surface area contributed by atoms with Crippen molar-refractivity contribution in [2.45, 2.75) is 19.8 Å². The molecule has 3 rings (SSSR count). The first-order chi connectivity index (χ1) is 11.9. The van der Waals surface area contributed by atoms with E-state index in [2.05, 4.69) is 5.10 Å². The summed E-state index contributed by atoms with van der Waals surface area (Å²) >= 11 is 6.36. The molecule has 1 aromatic heterocycles. The van der Waals surface area contributed by atoms with E-state index in [0.717, 1.165) is 0 Å². The molecule has 0 radical (unpaired) electrons. The van der Waals surface area contributed by atoms with E-state index in [4.69, 9.17) is 16.7 Å². The van der Waals surface area contributed by atoms with Crippen LogP contribution in [0.1, 0.15) is 28.9 Å². The molecule has 8 heteroatoms. The lowest BCUT2D eigenvalue weighted by atomic mass is 9.96. The van der Waals surface area contributed by atoms with Gasteiger partial charge in [-0.3, -0.25) is 9.59 Å². The monoisotopic (exact) mass is 365 g/mol. The van der Waals surface area contributed by atoms with Gasteiger partial charge in [-0.25, -0.2) is 9.07 Å². The molecule has 0 spiro atoms. The fraction of sp³-hybridized carbons (Fsp3) is 0.353. The first kappa shape index (κ1) is 17.4. The zero-order valence-electron chi connectivity index (χ0n) is 13.6. The molecule has 1 amide bonds. The molecule has 1 aliphatic rings. The van der Waals surface area contributed by atoms with Crippen LogP contribution >= 0.6 is 11.6 Å². The lowest BCUT2D eigenvalue weighted by molar-refractivity contribution is -0.143. The summed E-state index contributed by atoms with van der Waals surface area (Å²) in [6, 6.07) is 5.64. The van der Waals surface area contributed by atoms with Gasteiger partial charge in [0, 0.05) is 13.1 Å². The van der Waals surface area contributed by atoms with Crippen molar-refractivity contribution >= 4 is 23.5 Å². The minimum atomic E-state index is -0.828. The highest BCUT2D eigenvalue weighted by Crippen LogP contribution is 2.27. The highest BCUT2D eigenvalue weighted by molar-refractivity contribution is 6.33. The number of aryl methyl sites for hydroxylation is 1. The van der Waals surface area contributed by atoms with Crippen LogP contribution in [0.5, 0.6) is 0 Å². The number of rotatable bonds is 3. The Morgan fingerprint density at radius 2 is 1.84 bits per heavy atom. The minimum absolute atomic E-state index is 0.162. The molecule has 0 unspecified atom stereocenters. The maximum absolute atomic E-state index is 13.1. The molecule has 0 aliphatic carbocycles. The summed E-state index contributed by atoms with van der Waals surface area (Å²) in [5.41, 5.74) is 1.32. The standard InChI is InChI=1S/C17H17ClFN3O3/c1-10-14(16(23)21-8-6-11(7-9-21)17(24)25)15(18)22(20-10)13-4-2-12(19)3-5-13/h2-5,11H,6-9H2,1H3,(H,24,25). The molecule has 6 nitrogen and oxygen atoms in total. The number of halogens is 2. The van der Waals surface area contributed by atoms with Gasteiger partial charge in [-0.15, -0.1) is 0 Å². The fourth-order valence-electron chi connectivity index (χ4n) is 2.98. The van der Waals surface area contributed by atoms with Gasteiger partial charge in [0.25, 0.3) is 5.91 Å². The van der Waals surface area contributed by atoms with Gasteiger partial charge >= 0.3 is 5.97 Å². The summed E-state index contributed by atoms with van der Waals surface area (Å²) in [4.78, 5) is 25.4. The average molecular weight is 366 g/mol. The summed E-state index contributed by atoms with van der Waals surface area (Å²) in [6.45, 7) is 2.42. The highest BCUT2D eigenvalue weighted by atomic mass is 35.5. The Labute approximate surface area is 148 Å². The Hall–Kier alpha value is -2.41. The molecule has 0 saturated carbocycles. The summed E-state index contributed by atoms with van der Waals surface area (Å²) in [5.74, 6) is -1.88. The van der Waals surface area contributed by atoms with Gasteiger partial charge < -0.3 is 10.0 Å². The number of amides is 1. The molecular formula is C17H17ClFN3O3. The predicted octanol–water partition coefficient (Wildman–Crippen LogP) is 2.91. The number of carbonyl (C=O) groups is 2. The van der Waals surface area contributed by atoms with E-state index in [1.165, 1.54) is 28.9 Å². The third kappa shape index (κ3) is 3.37. The third-order valence-electron chi connectivity index (χ3n) is 4.42. The van der Waals surface area contributed by atoms with E-state index >= 15 is 0 Å². The van der Waals surface area contributed by atoms with Crippen molar-refractivity contribution in [3.05, 3.63) is 46.5 Å². The van der Waals surface area contributed by atoms with Crippen LogP contribution in [-0.4, -0.2) is 44.8 Å². The van der Waals surface area contributed by atoms with Gasteiger partial charge in [0.05, 0.1) is 22.9 Å². The Morgan fingerprint density at radius 3 is 2.40 bits per heavy atom. The lowest BCUT2D eigenvalue weighted by Gasteiger charge is -2.30. The molecule has 2 aromatic rings. The van der Waals surface area contributed by atoms with Gasteiger partial charge in [0.1, 0.15) is 11.0 Å². The van der Waals surface area contributed by atoms with E-state index in [9.17, 15) is 14.0 Å². The maximum Gasteiger partial charge on any atom is 0.306 e. The lowest BCUT2D eigenvalue weighted by Crippen LogP contribution is -2.40. The summed E-state index contributed by atoms with van der Waals surface area (Å²) < 4.78 is 14.5. The Bertz CT molecular complexity index is 811. The van der Waals surface area contributed by atoms with Crippen molar-refractivity contribution in [1.82, 2.24) is 14.7 Å². The van der Waals surface area contributed by atoms with Gasteiger partial charge in [0.15, 0.2) is 0 Å². The van der Waals surface area contributed by atoms with Crippen molar-refractivity contribution in [1.29, 1.82) is 0 Å². The summed E-state index contributed by atoms with van der Waals surface area (Å²) in [7, 11) is 0. The van der Waals surface area contributed by atoms with Crippen LogP contribution in [0.25, 0.3) is 5.69 Å². The normalized spacial score (nSPS) is 15.4. The van der Waals surface area contributed by atoms with E-state index < -0.39 is 11.9 Å². The number of carboxylic acids is 1. The number of nitrogens with zero attached hydrogens (tertiary/aromatic N) is 3. The number of aliphatic carboxylic acids is 1. The molecule has 1 aromatic carbocycles. The first-order valence-electron chi connectivity index (χ1n) is 7.91. The van der Waals surface area contributed by atoms with Crippen LogP contribution in [-0.2, 0) is 4.79 Å². The second-order valence-electron chi connectivity index (χ2n) is 6.04. The summed E-state index contributed by atoms with van der Waals surface area (Å²) in [6.07, 6.45) is 0.841. The molecule has 1 N–H and O–H groups in total. The minimum Gasteiger partial charge on any atom is -0.481 e. The second kappa shape index (κ2) is 6.84. The molecule has 2 heterocycles. The number of carbonyl (C=O) groups excluding carboxylic acids is 1. The quantitative estimate of drug-likeness (QED) is 0.907. The molecular weight excluding hydrogens is 349 g/mol. The zero-order chi connectivity index (χ0) is 18.1. The molecule has 1 fully saturated rings. The molecule has 132 valence electrons. The number of likely N-dealkylation sites (tertiary alicyclic amines) is 1. The maximum atomic E-state index is 13.1. The van der Waals surface area contributed by atoms with Crippen molar-refractivity contribution < 1.29 is 19.1 Å². The molecule has 1 aliphatic heterocycles. The van der Waals surface area contributed by atoms with Gasteiger partial charge in [-0.05, 0) is 44.0 Å². The fourth-order valence-corrected chi connectivity index (χ4v) is 3.34. The number of hydrogen-bond donors (Lipinski definition) is 1. The van der Waals surface area contributed by atoms with Gasteiger partial charge in [-0.1, -0.05) is 11.6 Å². The topological polar surface area (TPSA) is 75.4 Å². The predicted molar refractivity (Wildman–Crippen MR) is 89.5 cm³/mol. The number of carboxylic acid groups (broad SMARTS) is 1. The summed E-state index contributed by atoms with van der Waals surface area (Å²) in [5, 5.41) is 13.5. The number of aromatic nitrogens is 2. The molecule has 0 bridgehead atoms. The SMILES string of the molecule is Cc1nn(-c2ccc(F)cc2)c(Cl)c1C(=O)N1CCC(C(=O)O)CC1. The Morgan fingerprint density at radius 1 is 1.24 bits per heavy atom.